The molecule has 0 aliphatic carbocycles. The minimum absolute atomic E-state index is 0.0762. The summed E-state index contributed by atoms with van der Waals surface area (Å²) in [6.45, 7) is 18.4. The van der Waals surface area contributed by atoms with Gasteiger partial charge < -0.3 is 73.6 Å². The predicted octanol–water partition coefficient (Wildman–Crippen LogP) is 4.43. The minimum atomic E-state index is -1.86. The van der Waals surface area contributed by atoms with E-state index in [1.165, 1.54) is 25.0 Å². The molecule has 4 aliphatic heterocycles. The van der Waals surface area contributed by atoms with Crippen LogP contribution in [-0.4, -0.2) is 205 Å². The molecule has 0 bridgehead atoms. The summed E-state index contributed by atoms with van der Waals surface area (Å²) in [5, 5.41) is 78.0. The molecule has 22 heteroatoms. The number of anilines is 1. The molecule has 1 amide bonds. The second kappa shape index (κ2) is 26.1. The molecule has 21 nitrogen and oxygen atoms in total. The van der Waals surface area contributed by atoms with Crippen LogP contribution < -0.4 is 4.90 Å². The fraction of sp³-hybridized carbons (Fsp3) is 0.724. The maximum absolute atomic E-state index is 15.4. The minimum Gasteiger partial charge on any atom is -0.459 e. The number of rotatable bonds is 15. The van der Waals surface area contributed by atoms with E-state index in [-0.39, 0.29) is 44.9 Å². The van der Waals surface area contributed by atoms with E-state index in [2.05, 4.69) is 10.3 Å². The van der Waals surface area contributed by atoms with Gasteiger partial charge in [-0.15, -0.1) is 5.10 Å². The van der Waals surface area contributed by atoms with E-state index >= 15 is 4.39 Å². The van der Waals surface area contributed by atoms with E-state index in [1.807, 2.05) is 37.7 Å². The van der Waals surface area contributed by atoms with E-state index in [9.17, 15) is 40.2 Å². The number of likely N-dealkylation sites (N-methyl/N-ethyl adjacent to an activating group) is 2. The van der Waals surface area contributed by atoms with Gasteiger partial charge in [0.2, 0.25) is 0 Å². The molecule has 19 atom stereocenters. The van der Waals surface area contributed by atoms with Crippen molar-refractivity contribution in [2.75, 3.05) is 45.7 Å². The lowest BCUT2D eigenvalue weighted by Gasteiger charge is -2.49. The molecule has 6 N–H and O–H groups in total. The van der Waals surface area contributed by atoms with Crippen molar-refractivity contribution in [3.8, 4) is 11.1 Å². The summed E-state index contributed by atoms with van der Waals surface area (Å²) in [7, 11) is 5.20. The number of halogens is 1. The van der Waals surface area contributed by atoms with Crippen LogP contribution in [0.15, 0.2) is 48.7 Å². The summed E-state index contributed by atoms with van der Waals surface area (Å²) >= 11 is 0. The zero-order valence-electron chi connectivity index (χ0n) is 48.8. The molecule has 3 aromatic rings. The highest BCUT2D eigenvalue weighted by Gasteiger charge is 2.53. The summed E-state index contributed by atoms with van der Waals surface area (Å²) in [6.07, 6.45) is -8.57. The van der Waals surface area contributed by atoms with Crippen LogP contribution in [0.1, 0.15) is 106 Å². The first-order chi connectivity index (χ1) is 37.6. The van der Waals surface area contributed by atoms with Crippen LogP contribution in [0.4, 0.5) is 14.9 Å². The van der Waals surface area contributed by atoms with Crippen molar-refractivity contribution < 1.29 is 77.8 Å². The van der Waals surface area contributed by atoms with Gasteiger partial charge in [-0.1, -0.05) is 50.3 Å². The first-order valence-corrected chi connectivity index (χ1v) is 28.2. The maximum Gasteiger partial charge on any atom is 0.414 e. The number of methoxy groups -OCH3 is 1. The number of aromatic nitrogens is 3. The van der Waals surface area contributed by atoms with Crippen molar-refractivity contribution in [1.29, 1.82) is 0 Å². The van der Waals surface area contributed by atoms with Gasteiger partial charge in [0.15, 0.2) is 12.6 Å². The Kier molecular flexibility index (Phi) is 20.7. The molecule has 4 aliphatic rings. The van der Waals surface area contributed by atoms with Gasteiger partial charge in [-0.05, 0) is 117 Å². The van der Waals surface area contributed by atoms with Gasteiger partial charge in [0, 0.05) is 62.8 Å². The highest BCUT2D eigenvalue weighted by atomic mass is 19.1. The molecule has 7 rings (SSSR count). The lowest BCUT2D eigenvalue weighted by atomic mass is 9.77. The Balaban J connectivity index is 1.07. The fourth-order valence-corrected chi connectivity index (χ4v) is 12.4. The van der Waals surface area contributed by atoms with Gasteiger partial charge in [-0.3, -0.25) is 9.69 Å². The Hall–Kier alpha value is -4.27. The molecule has 1 aromatic heterocycles. The number of esters is 1. The Morgan fingerprint density at radius 3 is 2.26 bits per heavy atom. The summed E-state index contributed by atoms with van der Waals surface area (Å²) in [5.74, 6) is -3.42. The highest BCUT2D eigenvalue weighted by molar-refractivity contribution is 5.90. The summed E-state index contributed by atoms with van der Waals surface area (Å²) in [6, 6.07) is 10.4. The molecule has 0 saturated carbocycles. The molecule has 2 unspecified atom stereocenters. The average molecular weight is 1130 g/mol. The number of aliphatic hydroxyl groups excluding tert-OH is 4. The molecule has 80 heavy (non-hydrogen) atoms. The van der Waals surface area contributed by atoms with Crippen LogP contribution in [0.2, 0.25) is 0 Å². The fourth-order valence-electron chi connectivity index (χ4n) is 12.4. The molecule has 0 spiro atoms. The third kappa shape index (κ3) is 14.2. The Bertz CT molecular complexity index is 2520. The second-order valence-electron chi connectivity index (χ2n) is 24.0. The van der Waals surface area contributed by atoms with Crippen LogP contribution in [0.5, 0.6) is 0 Å². The van der Waals surface area contributed by atoms with Crippen molar-refractivity contribution in [1.82, 2.24) is 24.8 Å². The summed E-state index contributed by atoms with van der Waals surface area (Å²) in [5.41, 5.74) is -1.91. The zero-order valence-corrected chi connectivity index (χ0v) is 48.8. The predicted molar refractivity (Wildman–Crippen MR) is 292 cm³/mol. The number of nitrogens with zero attached hydrogens (tertiary/aromatic N) is 6. The van der Waals surface area contributed by atoms with Crippen molar-refractivity contribution in [3.05, 3.63) is 65.7 Å². The third-order valence-electron chi connectivity index (χ3n) is 17.4. The van der Waals surface area contributed by atoms with E-state index in [0.717, 1.165) is 0 Å². The quantitative estimate of drug-likeness (QED) is 0.115. The standard InChI is InChI=1S/C58H89FN6O15/c1-14-46-58(10,73)50(68)36(6)63(12)27-32(2)25-56(8,72)52(34(4)49(35(5)53(70)78-46)79-47-26-57(9,74-13)51(69)37(7)76-47)80-54-48(67)45(23-33(3)75-54)62(11)22-21-40-28-64(61-60-40)29-42-30-65(55(71)77-42)41-19-20-43(44(59)24-41)39-17-15-38(31-66)16-18-39/h15-20,24,28,32-37,42,45-52,54,66-69,72-73H,14,21-23,25-27,29-31H2,1-13H3/t32-,33-,34+,35-,36-,37+,42+,45+,46-,47+,48?,49+,50-,51?,52-,54+,56+,57-,58-/m1/s1. The van der Waals surface area contributed by atoms with Crippen LogP contribution in [0.3, 0.4) is 0 Å². The third-order valence-corrected chi connectivity index (χ3v) is 17.4. The molecule has 448 valence electrons. The Morgan fingerprint density at radius 1 is 0.912 bits per heavy atom. The van der Waals surface area contributed by atoms with Crippen LogP contribution >= 0.6 is 0 Å². The van der Waals surface area contributed by atoms with Gasteiger partial charge in [0.1, 0.15) is 41.9 Å². The van der Waals surface area contributed by atoms with Gasteiger partial charge in [-0.2, -0.15) is 0 Å². The summed E-state index contributed by atoms with van der Waals surface area (Å²) < 4.78 is 61.0. The number of hydrogen-bond donors (Lipinski definition) is 6. The first-order valence-electron chi connectivity index (χ1n) is 28.2. The van der Waals surface area contributed by atoms with Gasteiger partial charge in [0.05, 0.1) is 72.6 Å². The zero-order chi connectivity index (χ0) is 58.8. The van der Waals surface area contributed by atoms with Gasteiger partial charge in [0.25, 0.3) is 0 Å². The normalized spacial score (nSPS) is 38.2. The maximum atomic E-state index is 15.4. The second-order valence-corrected chi connectivity index (χ2v) is 24.0. The van der Waals surface area contributed by atoms with Gasteiger partial charge in [-0.25, -0.2) is 13.9 Å². The van der Waals surface area contributed by atoms with E-state index in [1.54, 1.807) is 95.7 Å². The molecule has 4 fully saturated rings. The Labute approximate surface area is 470 Å². The number of carbonyl (C=O) groups excluding carboxylic acids is 2. The van der Waals surface area contributed by atoms with Crippen LogP contribution in [0.25, 0.3) is 11.1 Å². The molecular formula is C58H89FN6O15. The van der Waals surface area contributed by atoms with Crippen molar-refractivity contribution >= 4 is 17.7 Å². The molecular weight excluding hydrogens is 1040 g/mol. The van der Waals surface area contributed by atoms with Crippen molar-refractivity contribution in [2.45, 2.75) is 211 Å². The highest BCUT2D eigenvalue weighted by Crippen LogP contribution is 2.41. The topological polar surface area (TPSA) is 261 Å². The molecule has 2 aromatic carbocycles. The average Bonchev–Trinajstić information content (AvgIpc) is 4.06. The lowest BCUT2D eigenvalue weighted by Crippen LogP contribution is -2.61. The molecule has 4 saturated heterocycles. The van der Waals surface area contributed by atoms with E-state index in [0.29, 0.717) is 54.0 Å². The number of ether oxygens (including phenoxy) is 7. The smallest absolute Gasteiger partial charge is 0.414 e. The monoisotopic (exact) mass is 1130 g/mol. The number of carbonyl (C=O) groups is 2. The molecule has 5 heterocycles. The lowest BCUT2D eigenvalue weighted by molar-refractivity contribution is -0.318. The molecule has 0 radical (unpaired) electrons. The number of aliphatic hydroxyl groups is 6. The van der Waals surface area contributed by atoms with Crippen molar-refractivity contribution in [2.24, 2.45) is 17.8 Å². The number of benzene rings is 2. The Morgan fingerprint density at radius 2 is 1.61 bits per heavy atom. The van der Waals surface area contributed by atoms with Gasteiger partial charge >= 0.3 is 12.1 Å². The number of amides is 1. The van der Waals surface area contributed by atoms with Crippen molar-refractivity contribution in [3.63, 3.8) is 0 Å². The van der Waals surface area contributed by atoms with Crippen LogP contribution in [-0.2, 0) is 57.5 Å². The number of hydrogen-bond acceptors (Lipinski definition) is 19. The van der Waals surface area contributed by atoms with E-state index in [4.69, 9.17) is 33.2 Å². The largest absolute Gasteiger partial charge is 0.459 e. The first kappa shape index (κ1) is 63.3. The van der Waals surface area contributed by atoms with E-state index < -0.39 is 126 Å². The van der Waals surface area contributed by atoms with Crippen LogP contribution in [0, 0.1) is 23.6 Å². The summed E-state index contributed by atoms with van der Waals surface area (Å²) in [4.78, 5) is 32.8. The number of cyclic esters (lactones) is 2. The SMILES string of the molecule is CC[C@H]1OC(=O)[C@H](C)[C@@H](O[C@H]2C[C@@](C)(OC)C(O)[C@H](C)O2)[C@H](C)[C@@H](O[C@@H]2O[C@H](C)C[C@H](N(C)CCc3cn(C[C@H]4CN(c5ccc(-c6ccc(CO)cc6)c(F)c5)C(=O)O4)nn3)C2O)[C@@](C)(O)C[C@@H](C)CN(C)[C@H](C)[C@@H](O)[C@]1(C)O.